The molecule has 2 aromatic heterocycles. The lowest BCUT2D eigenvalue weighted by atomic mass is 10.0. The number of nitrogens with two attached hydrogens (primary N) is 1. The van der Waals surface area contributed by atoms with Gasteiger partial charge in [0, 0.05) is 53.5 Å². The summed E-state index contributed by atoms with van der Waals surface area (Å²) in [5.74, 6) is 0.152. The van der Waals surface area contributed by atoms with E-state index in [1.165, 1.54) is 11.8 Å². The lowest BCUT2D eigenvalue weighted by molar-refractivity contribution is -0.130. The zero-order valence-corrected chi connectivity index (χ0v) is 18.7. The molecular weight excluding hydrogens is 424 g/mol. The van der Waals surface area contributed by atoms with Gasteiger partial charge in [-0.3, -0.25) is 4.79 Å². The molecule has 0 atom stereocenters. The van der Waals surface area contributed by atoms with Crippen molar-refractivity contribution in [2.45, 2.75) is 12.8 Å². The molecule has 5 rings (SSSR count). The molecule has 34 heavy (non-hydrogen) atoms. The summed E-state index contributed by atoms with van der Waals surface area (Å²) in [7, 11) is 0. The van der Waals surface area contributed by atoms with Gasteiger partial charge in [0.1, 0.15) is 5.65 Å². The van der Waals surface area contributed by atoms with E-state index in [2.05, 4.69) is 27.4 Å². The fourth-order valence-electron chi connectivity index (χ4n) is 4.26. The second-order valence-electron chi connectivity index (χ2n) is 8.40. The molecule has 170 valence electrons. The van der Waals surface area contributed by atoms with E-state index < -0.39 is 0 Å². The second kappa shape index (κ2) is 9.23. The second-order valence-corrected chi connectivity index (χ2v) is 8.40. The van der Waals surface area contributed by atoms with E-state index in [1.54, 1.807) is 12.3 Å². The number of carbonyl (C=O) groups excluding carboxylic acids is 1. The number of nitrogens with zero attached hydrogens (tertiary/aromatic N) is 2. The average Bonchev–Trinajstić information content (AvgIpc) is 3.31. The van der Waals surface area contributed by atoms with Gasteiger partial charge in [-0.2, -0.15) is 0 Å². The Labute approximate surface area is 197 Å². The highest BCUT2D eigenvalue weighted by molar-refractivity contribution is 5.95. The Hall–Kier alpha value is -4.39. The van der Waals surface area contributed by atoms with Crippen molar-refractivity contribution in [3.8, 4) is 0 Å². The average molecular weight is 451 g/mol. The van der Waals surface area contributed by atoms with Crippen molar-refractivity contribution in [2.24, 2.45) is 0 Å². The Kier molecular flexibility index (Phi) is 5.82. The van der Waals surface area contributed by atoms with Crippen LogP contribution in [-0.4, -0.2) is 40.1 Å². The Bertz CT molecular complexity index is 1390. The minimum Gasteiger partial charge on any atom is -0.398 e. The number of pyridine rings is 1. The molecule has 0 spiro atoms. The number of nitrogens with one attached hydrogen (secondary N) is 3. The van der Waals surface area contributed by atoms with Crippen molar-refractivity contribution >= 4 is 45.8 Å². The van der Waals surface area contributed by atoms with Crippen LogP contribution in [0.3, 0.4) is 0 Å². The van der Waals surface area contributed by atoms with Crippen LogP contribution in [0.4, 0.5) is 17.1 Å². The molecule has 0 saturated carbocycles. The van der Waals surface area contributed by atoms with E-state index in [0.29, 0.717) is 30.8 Å². The molecule has 7 nitrogen and oxygen atoms in total. The van der Waals surface area contributed by atoms with E-state index in [-0.39, 0.29) is 5.91 Å². The summed E-state index contributed by atoms with van der Waals surface area (Å²) in [6, 6.07) is 19.4. The predicted molar refractivity (Wildman–Crippen MR) is 137 cm³/mol. The third-order valence-corrected chi connectivity index (χ3v) is 6.16. The maximum atomic E-state index is 12.7. The van der Waals surface area contributed by atoms with Crippen LogP contribution < -0.4 is 11.1 Å². The number of aromatic nitrogens is 2. The fourth-order valence-corrected chi connectivity index (χ4v) is 4.26. The standard InChI is InChI=1S/C27H26N6O/c28-17-20-15-21(6-7-23(20)29)31-24-8-11-30-27-22(24)16-25(32-27)19-9-12-33(13-10-19)26(34)14-18-4-2-1-3-5-18/h1-9,11,15-17,28H,10,12-14,29H2,(H2,30,31,32). The fraction of sp³-hybridized carbons (Fsp3) is 0.148. The van der Waals surface area contributed by atoms with Gasteiger partial charge in [0.25, 0.3) is 0 Å². The third-order valence-electron chi connectivity index (χ3n) is 6.16. The van der Waals surface area contributed by atoms with Gasteiger partial charge in [-0.1, -0.05) is 36.4 Å². The van der Waals surface area contributed by atoms with Gasteiger partial charge < -0.3 is 26.3 Å². The highest BCUT2D eigenvalue weighted by Gasteiger charge is 2.19. The smallest absolute Gasteiger partial charge is 0.227 e. The van der Waals surface area contributed by atoms with Crippen molar-refractivity contribution in [2.75, 3.05) is 24.1 Å². The Morgan fingerprint density at radius 1 is 1.18 bits per heavy atom. The first-order valence-electron chi connectivity index (χ1n) is 11.3. The number of fused-ring (bicyclic) bond motifs is 1. The molecule has 0 fully saturated rings. The summed E-state index contributed by atoms with van der Waals surface area (Å²) in [4.78, 5) is 22.5. The predicted octanol–water partition coefficient (Wildman–Crippen LogP) is 4.74. The molecule has 0 radical (unpaired) electrons. The number of aromatic amines is 1. The van der Waals surface area contributed by atoms with Crippen molar-refractivity contribution in [3.05, 3.63) is 89.8 Å². The summed E-state index contributed by atoms with van der Waals surface area (Å²) < 4.78 is 0. The summed E-state index contributed by atoms with van der Waals surface area (Å²) in [5.41, 5.74) is 13.0. The number of nitrogen functional groups attached to an aromatic ring is 1. The highest BCUT2D eigenvalue weighted by Crippen LogP contribution is 2.31. The molecule has 2 aromatic carbocycles. The number of rotatable bonds is 6. The van der Waals surface area contributed by atoms with Crippen molar-refractivity contribution < 1.29 is 4.79 Å². The van der Waals surface area contributed by atoms with Gasteiger partial charge in [-0.25, -0.2) is 4.98 Å². The van der Waals surface area contributed by atoms with Gasteiger partial charge in [-0.05, 0) is 47.9 Å². The zero-order chi connectivity index (χ0) is 23.5. The molecule has 1 aliphatic heterocycles. The number of anilines is 3. The molecule has 3 heterocycles. The maximum Gasteiger partial charge on any atom is 0.227 e. The summed E-state index contributed by atoms with van der Waals surface area (Å²) >= 11 is 0. The molecule has 5 N–H and O–H groups in total. The largest absolute Gasteiger partial charge is 0.398 e. The first-order chi connectivity index (χ1) is 16.6. The van der Waals surface area contributed by atoms with E-state index >= 15 is 0 Å². The minimum atomic E-state index is 0.152. The van der Waals surface area contributed by atoms with Crippen LogP contribution >= 0.6 is 0 Å². The molecule has 1 aliphatic rings. The number of carbonyl (C=O) groups is 1. The van der Waals surface area contributed by atoms with Crippen LogP contribution in [0.2, 0.25) is 0 Å². The normalized spacial score (nSPS) is 13.5. The quantitative estimate of drug-likeness (QED) is 0.251. The SMILES string of the molecule is N=Cc1cc(Nc2ccnc3[nH]c(C4=CCN(C(=O)Cc5ccccc5)CC4)cc23)ccc1N. The monoisotopic (exact) mass is 450 g/mol. The molecule has 0 bridgehead atoms. The lowest BCUT2D eigenvalue weighted by Crippen LogP contribution is -2.35. The summed E-state index contributed by atoms with van der Waals surface area (Å²) in [5, 5.41) is 11.9. The zero-order valence-electron chi connectivity index (χ0n) is 18.7. The van der Waals surface area contributed by atoms with Crippen molar-refractivity contribution in [1.82, 2.24) is 14.9 Å². The van der Waals surface area contributed by atoms with Gasteiger partial charge in [0.15, 0.2) is 0 Å². The number of hydrogen-bond donors (Lipinski definition) is 4. The van der Waals surface area contributed by atoms with Crippen LogP contribution in [0, 0.1) is 5.41 Å². The summed E-state index contributed by atoms with van der Waals surface area (Å²) in [6.45, 7) is 1.30. The first kappa shape index (κ1) is 21.5. The molecular formula is C27H26N6O. The van der Waals surface area contributed by atoms with E-state index in [1.807, 2.05) is 53.4 Å². The number of benzene rings is 2. The van der Waals surface area contributed by atoms with E-state index in [4.69, 9.17) is 11.1 Å². The highest BCUT2D eigenvalue weighted by atomic mass is 16.2. The minimum absolute atomic E-state index is 0.152. The van der Waals surface area contributed by atoms with Gasteiger partial charge in [0.05, 0.1) is 12.1 Å². The van der Waals surface area contributed by atoms with Crippen LogP contribution in [-0.2, 0) is 11.2 Å². The molecule has 4 aromatic rings. The van der Waals surface area contributed by atoms with Crippen LogP contribution in [0.5, 0.6) is 0 Å². The number of hydrogen-bond acceptors (Lipinski definition) is 5. The Morgan fingerprint density at radius 2 is 2.03 bits per heavy atom. The Morgan fingerprint density at radius 3 is 2.79 bits per heavy atom. The Balaban J connectivity index is 1.33. The topological polar surface area (TPSA) is 111 Å². The maximum absolute atomic E-state index is 12.7. The van der Waals surface area contributed by atoms with Gasteiger partial charge >= 0.3 is 0 Å². The molecule has 0 aliphatic carbocycles. The molecule has 0 unspecified atom stereocenters. The van der Waals surface area contributed by atoms with Gasteiger partial charge in [0.2, 0.25) is 5.91 Å². The van der Waals surface area contributed by atoms with E-state index in [0.717, 1.165) is 40.1 Å². The lowest BCUT2D eigenvalue weighted by Gasteiger charge is -2.26. The number of H-pyrrole nitrogens is 1. The van der Waals surface area contributed by atoms with E-state index in [9.17, 15) is 4.79 Å². The molecule has 1 amide bonds. The van der Waals surface area contributed by atoms with Crippen molar-refractivity contribution in [1.29, 1.82) is 5.41 Å². The molecule has 0 saturated heterocycles. The van der Waals surface area contributed by atoms with Crippen molar-refractivity contribution in [3.63, 3.8) is 0 Å². The first-order valence-corrected chi connectivity index (χ1v) is 11.3. The van der Waals surface area contributed by atoms with Crippen LogP contribution in [0.25, 0.3) is 16.6 Å². The third kappa shape index (κ3) is 4.41. The van der Waals surface area contributed by atoms with Gasteiger partial charge in [-0.15, -0.1) is 0 Å². The van der Waals surface area contributed by atoms with Crippen LogP contribution in [0.15, 0.2) is 72.9 Å². The molecule has 7 heteroatoms. The number of amides is 1. The summed E-state index contributed by atoms with van der Waals surface area (Å²) in [6.07, 6.45) is 6.36. The van der Waals surface area contributed by atoms with Crippen LogP contribution in [0.1, 0.15) is 23.2 Å².